The molecule has 1 rings (SSSR count). The summed E-state index contributed by atoms with van der Waals surface area (Å²) in [6, 6.07) is 0. The molecule has 0 bridgehead atoms. The van der Waals surface area contributed by atoms with Crippen LogP contribution >= 0.6 is 11.6 Å². The Hall–Kier alpha value is -0.540. The number of rotatable bonds is 3. The van der Waals surface area contributed by atoms with Crippen molar-refractivity contribution in [3.8, 4) is 0 Å². The van der Waals surface area contributed by atoms with Gasteiger partial charge in [0.2, 0.25) is 0 Å². The van der Waals surface area contributed by atoms with E-state index in [9.17, 15) is 0 Å². The first kappa shape index (κ1) is 9.55. The van der Waals surface area contributed by atoms with Crippen molar-refractivity contribution in [2.45, 2.75) is 26.3 Å². The van der Waals surface area contributed by atoms with Gasteiger partial charge in [0.15, 0.2) is 5.15 Å². The van der Waals surface area contributed by atoms with Gasteiger partial charge in [0.25, 0.3) is 0 Å². The van der Waals surface area contributed by atoms with Crippen LogP contribution in [0, 0.1) is 0 Å². The SMILES string of the molecule is CCCc1c(Cl)nc(CN)n1C. The van der Waals surface area contributed by atoms with Gasteiger partial charge in [-0.3, -0.25) is 0 Å². The van der Waals surface area contributed by atoms with Gasteiger partial charge in [0, 0.05) is 7.05 Å². The minimum Gasteiger partial charge on any atom is -0.333 e. The first-order valence-corrected chi connectivity index (χ1v) is 4.48. The van der Waals surface area contributed by atoms with Gasteiger partial charge in [-0.25, -0.2) is 4.98 Å². The van der Waals surface area contributed by atoms with Crippen molar-refractivity contribution in [1.29, 1.82) is 0 Å². The molecule has 1 aromatic heterocycles. The van der Waals surface area contributed by atoms with Gasteiger partial charge in [-0.05, 0) is 6.42 Å². The van der Waals surface area contributed by atoms with Crippen molar-refractivity contribution in [2.75, 3.05) is 0 Å². The van der Waals surface area contributed by atoms with E-state index in [4.69, 9.17) is 17.3 Å². The van der Waals surface area contributed by atoms with Crippen molar-refractivity contribution in [3.05, 3.63) is 16.7 Å². The van der Waals surface area contributed by atoms with Crippen LogP contribution in [0.15, 0.2) is 0 Å². The van der Waals surface area contributed by atoms with Gasteiger partial charge in [0.1, 0.15) is 5.82 Å². The molecule has 0 aromatic carbocycles. The number of aromatic nitrogens is 2. The van der Waals surface area contributed by atoms with Gasteiger partial charge < -0.3 is 10.3 Å². The molecule has 0 spiro atoms. The fourth-order valence-corrected chi connectivity index (χ4v) is 1.56. The molecule has 0 amide bonds. The lowest BCUT2D eigenvalue weighted by Gasteiger charge is -2.02. The van der Waals surface area contributed by atoms with Crippen LogP contribution in [0.5, 0.6) is 0 Å². The van der Waals surface area contributed by atoms with Crippen molar-refractivity contribution < 1.29 is 0 Å². The van der Waals surface area contributed by atoms with Crippen molar-refractivity contribution in [1.82, 2.24) is 9.55 Å². The average Bonchev–Trinajstić information content (AvgIpc) is 2.32. The summed E-state index contributed by atoms with van der Waals surface area (Å²) in [5.74, 6) is 0.850. The molecular formula is C8H14ClN3. The number of hydrogen-bond donors (Lipinski definition) is 1. The maximum absolute atomic E-state index is 5.92. The zero-order chi connectivity index (χ0) is 9.14. The topological polar surface area (TPSA) is 43.8 Å². The zero-order valence-electron chi connectivity index (χ0n) is 7.47. The third-order valence-electron chi connectivity index (χ3n) is 1.93. The minimum absolute atomic E-state index is 0.444. The lowest BCUT2D eigenvalue weighted by Crippen LogP contribution is -2.06. The highest BCUT2D eigenvalue weighted by Gasteiger charge is 2.09. The second-order valence-corrected chi connectivity index (χ2v) is 3.14. The van der Waals surface area contributed by atoms with Gasteiger partial charge in [-0.1, -0.05) is 24.9 Å². The third-order valence-corrected chi connectivity index (χ3v) is 2.23. The van der Waals surface area contributed by atoms with E-state index in [0.29, 0.717) is 11.7 Å². The Labute approximate surface area is 77.5 Å². The number of hydrogen-bond acceptors (Lipinski definition) is 2. The van der Waals surface area contributed by atoms with Gasteiger partial charge >= 0.3 is 0 Å². The number of nitrogens with zero attached hydrogens (tertiary/aromatic N) is 2. The summed E-state index contributed by atoms with van der Waals surface area (Å²) in [4.78, 5) is 4.15. The highest BCUT2D eigenvalue weighted by Crippen LogP contribution is 2.17. The lowest BCUT2D eigenvalue weighted by atomic mass is 10.3. The van der Waals surface area contributed by atoms with Crippen LogP contribution in [0.4, 0.5) is 0 Å². The van der Waals surface area contributed by atoms with E-state index in [2.05, 4.69) is 11.9 Å². The minimum atomic E-state index is 0.444. The normalized spacial score (nSPS) is 10.7. The molecule has 3 nitrogen and oxygen atoms in total. The first-order chi connectivity index (χ1) is 5.70. The lowest BCUT2D eigenvalue weighted by molar-refractivity contribution is 0.733. The second-order valence-electron chi connectivity index (χ2n) is 2.78. The van der Waals surface area contributed by atoms with Crippen molar-refractivity contribution >= 4 is 11.6 Å². The highest BCUT2D eigenvalue weighted by atomic mass is 35.5. The molecule has 68 valence electrons. The van der Waals surface area contributed by atoms with Crippen LogP contribution in [0.3, 0.4) is 0 Å². The number of nitrogens with two attached hydrogens (primary N) is 1. The molecule has 12 heavy (non-hydrogen) atoms. The molecule has 0 radical (unpaired) electrons. The van der Waals surface area contributed by atoms with Crippen LogP contribution in [0.2, 0.25) is 5.15 Å². The molecule has 0 atom stereocenters. The van der Waals surface area contributed by atoms with E-state index in [1.807, 2.05) is 11.6 Å². The zero-order valence-corrected chi connectivity index (χ0v) is 8.23. The standard InChI is InChI=1S/C8H14ClN3/c1-3-4-6-8(9)11-7(5-10)12(6)2/h3-5,10H2,1-2H3. The van der Waals surface area contributed by atoms with E-state index in [-0.39, 0.29) is 0 Å². The Morgan fingerprint density at radius 1 is 1.58 bits per heavy atom. The van der Waals surface area contributed by atoms with Gasteiger partial charge in [-0.15, -0.1) is 0 Å². The van der Waals surface area contributed by atoms with E-state index in [0.717, 1.165) is 24.4 Å². The molecule has 1 heterocycles. The van der Waals surface area contributed by atoms with Gasteiger partial charge in [-0.2, -0.15) is 0 Å². The fourth-order valence-electron chi connectivity index (χ4n) is 1.24. The Morgan fingerprint density at radius 2 is 2.25 bits per heavy atom. The Balaban J connectivity index is 3.01. The molecule has 4 heteroatoms. The first-order valence-electron chi connectivity index (χ1n) is 4.10. The predicted molar refractivity (Wildman–Crippen MR) is 50.1 cm³/mol. The van der Waals surface area contributed by atoms with E-state index in [1.165, 1.54) is 0 Å². The van der Waals surface area contributed by atoms with Gasteiger partial charge in [0.05, 0.1) is 12.2 Å². The molecule has 0 aliphatic carbocycles. The number of imidazole rings is 1. The van der Waals surface area contributed by atoms with Crippen molar-refractivity contribution in [3.63, 3.8) is 0 Å². The highest BCUT2D eigenvalue weighted by molar-refractivity contribution is 6.30. The molecule has 0 saturated carbocycles. The summed E-state index contributed by atoms with van der Waals surface area (Å²) in [7, 11) is 1.95. The molecule has 0 aliphatic rings. The predicted octanol–water partition coefficient (Wildman–Crippen LogP) is 1.48. The summed E-state index contributed by atoms with van der Waals surface area (Å²) >= 11 is 5.92. The Morgan fingerprint density at radius 3 is 2.67 bits per heavy atom. The third kappa shape index (κ3) is 1.62. The second kappa shape index (κ2) is 3.92. The fraction of sp³-hybridized carbons (Fsp3) is 0.625. The largest absolute Gasteiger partial charge is 0.333 e. The Kier molecular flexibility index (Phi) is 3.12. The maximum Gasteiger partial charge on any atom is 0.150 e. The van der Waals surface area contributed by atoms with Crippen LogP contribution in [0.1, 0.15) is 24.9 Å². The average molecular weight is 188 g/mol. The van der Waals surface area contributed by atoms with Crippen LogP contribution in [-0.2, 0) is 20.0 Å². The molecule has 1 aromatic rings. The molecular weight excluding hydrogens is 174 g/mol. The molecule has 0 unspecified atom stereocenters. The Bertz CT molecular complexity index is 268. The monoisotopic (exact) mass is 187 g/mol. The summed E-state index contributed by atoms with van der Waals surface area (Å²) < 4.78 is 1.98. The molecule has 0 fully saturated rings. The number of halogens is 1. The summed E-state index contributed by atoms with van der Waals surface area (Å²) in [6.07, 6.45) is 2.03. The molecule has 0 saturated heterocycles. The smallest absolute Gasteiger partial charge is 0.150 e. The quantitative estimate of drug-likeness (QED) is 0.779. The van der Waals surface area contributed by atoms with E-state index in [1.54, 1.807) is 0 Å². The van der Waals surface area contributed by atoms with Crippen LogP contribution < -0.4 is 5.73 Å². The van der Waals surface area contributed by atoms with Crippen LogP contribution in [0.25, 0.3) is 0 Å². The summed E-state index contributed by atoms with van der Waals surface area (Å²) in [5.41, 5.74) is 6.57. The molecule has 2 N–H and O–H groups in total. The summed E-state index contributed by atoms with van der Waals surface area (Å²) in [5, 5.41) is 0.597. The van der Waals surface area contributed by atoms with Crippen LogP contribution in [-0.4, -0.2) is 9.55 Å². The summed E-state index contributed by atoms with van der Waals surface area (Å²) in [6.45, 7) is 2.56. The maximum atomic E-state index is 5.92. The molecule has 0 aliphatic heterocycles. The van der Waals surface area contributed by atoms with Crippen molar-refractivity contribution in [2.24, 2.45) is 12.8 Å². The van der Waals surface area contributed by atoms with E-state index >= 15 is 0 Å². The van der Waals surface area contributed by atoms with E-state index < -0.39 is 0 Å².